The van der Waals surface area contributed by atoms with Crippen LogP contribution in [0.15, 0.2) is 41.3 Å². The smallest absolute Gasteiger partial charge is 0.325 e. The lowest BCUT2D eigenvalue weighted by Crippen LogP contribution is -2.44. The molecule has 1 rings (SSSR count). The standard InChI is InChI=1S/C17H25NO4S/c1-12(2)11-15(16(19)22-17(4,5)6)18-23(20,21)14-9-7-13(3)8-10-14/h7-10,15,18H,1,11H2,2-6H3/t15-/m1/s1. The average Bonchev–Trinajstić information content (AvgIpc) is 2.35. The molecule has 0 unspecified atom stereocenters. The molecule has 0 saturated heterocycles. The van der Waals surface area contributed by atoms with E-state index in [9.17, 15) is 13.2 Å². The molecule has 0 aliphatic carbocycles. The molecular weight excluding hydrogens is 314 g/mol. The highest BCUT2D eigenvalue weighted by Gasteiger charge is 2.29. The van der Waals surface area contributed by atoms with Gasteiger partial charge in [0.15, 0.2) is 0 Å². The van der Waals surface area contributed by atoms with Crippen molar-refractivity contribution in [3.63, 3.8) is 0 Å². The Kier molecular flexibility index (Phi) is 6.13. The number of aryl methyl sites for hydroxylation is 1. The number of carbonyl (C=O) groups excluding carboxylic acids is 1. The molecule has 0 aromatic heterocycles. The fourth-order valence-electron chi connectivity index (χ4n) is 1.87. The lowest BCUT2D eigenvalue weighted by atomic mass is 10.1. The van der Waals surface area contributed by atoms with Crippen LogP contribution in [0.3, 0.4) is 0 Å². The van der Waals surface area contributed by atoms with Crippen LogP contribution in [-0.2, 0) is 19.6 Å². The first-order chi connectivity index (χ1) is 10.4. The molecule has 5 nitrogen and oxygen atoms in total. The van der Waals surface area contributed by atoms with Crippen molar-refractivity contribution in [2.24, 2.45) is 0 Å². The summed E-state index contributed by atoms with van der Waals surface area (Å²) < 4.78 is 32.6. The molecule has 0 radical (unpaired) electrons. The number of carbonyl (C=O) groups is 1. The Morgan fingerprint density at radius 1 is 1.26 bits per heavy atom. The Bertz CT molecular complexity index is 670. The highest BCUT2D eigenvalue weighted by Crippen LogP contribution is 2.16. The van der Waals surface area contributed by atoms with Gasteiger partial charge in [0.1, 0.15) is 11.6 Å². The predicted molar refractivity (Wildman–Crippen MR) is 90.6 cm³/mol. The molecule has 1 aromatic rings. The summed E-state index contributed by atoms with van der Waals surface area (Å²) in [6.45, 7) is 12.5. The van der Waals surface area contributed by atoms with Gasteiger partial charge in [-0.05, 0) is 53.2 Å². The number of hydrogen-bond acceptors (Lipinski definition) is 4. The normalized spacial score (nSPS) is 13.4. The summed E-state index contributed by atoms with van der Waals surface area (Å²) in [7, 11) is -3.81. The first kappa shape index (κ1) is 19.4. The molecule has 0 fully saturated rings. The third-order valence-electron chi connectivity index (χ3n) is 2.87. The van der Waals surface area contributed by atoms with E-state index in [1.165, 1.54) is 12.1 Å². The number of rotatable bonds is 6. The quantitative estimate of drug-likeness (QED) is 0.639. The molecule has 128 valence electrons. The van der Waals surface area contributed by atoms with Crippen LogP contribution in [0.25, 0.3) is 0 Å². The monoisotopic (exact) mass is 339 g/mol. The van der Waals surface area contributed by atoms with Crippen molar-refractivity contribution >= 4 is 16.0 Å². The van der Waals surface area contributed by atoms with Crippen molar-refractivity contribution in [3.05, 3.63) is 42.0 Å². The first-order valence-corrected chi connectivity index (χ1v) is 8.85. The van der Waals surface area contributed by atoms with Crippen molar-refractivity contribution in [1.29, 1.82) is 0 Å². The Labute approximate surface area is 138 Å². The molecule has 0 heterocycles. The van der Waals surface area contributed by atoms with Gasteiger partial charge in [0.05, 0.1) is 4.90 Å². The first-order valence-electron chi connectivity index (χ1n) is 7.37. The van der Waals surface area contributed by atoms with Gasteiger partial charge in [-0.25, -0.2) is 8.42 Å². The summed E-state index contributed by atoms with van der Waals surface area (Å²) in [5.74, 6) is -0.615. The molecule has 23 heavy (non-hydrogen) atoms. The largest absolute Gasteiger partial charge is 0.459 e. The van der Waals surface area contributed by atoms with E-state index in [0.717, 1.165) is 5.56 Å². The van der Waals surface area contributed by atoms with E-state index in [1.807, 2.05) is 6.92 Å². The van der Waals surface area contributed by atoms with Crippen LogP contribution in [0.4, 0.5) is 0 Å². The fraction of sp³-hybridized carbons (Fsp3) is 0.471. The van der Waals surface area contributed by atoms with Gasteiger partial charge in [-0.3, -0.25) is 4.79 Å². The van der Waals surface area contributed by atoms with E-state index in [4.69, 9.17) is 4.74 Å². The van der Waals surface area contributed by atoms with Crippen molar-refractivity contribution in [2.75, 3.05) is 0 Å². The zero-order valence-electron chi connectivity index (χ0n) is 14.3. The van der Waals surface area contributed by atoms with Gasteiger partial charge >= 0.3 is 5.97 Å². The second-order valence-electron chi connectivity index (χ2n) is 6.68. The molecular formula is C17H25NO4S. The van der Waals surface area contributed by atoms with Gasteiger partial charge in [0, 0.05) is 0 Å². The van der Waals surface area contributed by atoms with Crippen molar-refractivity contribution in [2.45, 2.75) is 57.6 Å². The van der Waals surface area contributed by atoms with E-state index in [2.05, 4.69) is 11.3 Å². The number of ether oxygens (including phenoxy) is 1. The van der Waals surface area contributed by atoms with Crippen LogP contribution in [0, 0.1) is 6.92 Å². The lowest BCUT2D eigenvalue weighted by Gasteiger charge is -2.24. The summed E-state index contributed by atoms with van der Waals surface area (Å²) in [5, 5.41) is 0. The maximum absolute atomic E-state index is 12.5. The zero-order chi connectivity index (χ0) is 17.8. The minimum Gasteiger partial charge on any atom is -0.459 e. The van der Waals surface area contributed by atoms with E-state index in [0.29, 0.717) is 5.57 Å². The van der Waals surface area contributed by atoms with Gasteiger partial charge in [-0.1, -0.05) is 23.3 Å². The summed E-state index contributed by atoms with van der Waals surface area (Å²) in [6.07, 6.45) is 0.181. The maximum atomic E-state index is 12.5. The van der Waals surface area contributed by atoms with Gasteiger partial charge < -0.3 is 4.74 Å². The summed E-state index contributed by atoms with van der Waals surface area (Å²) in [4.78, 5) is 12.4. The summed E-state index contributed by atoms with van der Waals surface area (Å²) in [5.41, 5.74) is 0.946. The van der Waals surface area contributed by atoms with Crippen molar-refractivity contribution in [1.82, 2.24) is 4.72 Å². The highest BCUT2D eigenvalue weighted by atomic mass is 32.2. The number of sulfonamides is 1. The second-order valence-corrected chi connectivity index (χ2v) is 8.40. The molecule has 1 N–H and O–H groups in total. The molecule has 6 heteroatoms. The molecule has 0 aliphatic rings. The number of esters is 1. The maximum Gasteiger partial charge on any atom is 0.325 e. The SMILES string of the molecule is C=C(C)C[C@@H](NS(=O)(=O)c1ccc(C)cc1)C(=O)OC(C)(C)C. The summed E-state index contributed by atoms with van der Waals surface area (Å²) >= 11 is 0. The Balaban J connectivity index is 3.02. The van der Waals surface area contributed by atoms with E-state index in [1.54, 1.807) is 39.8 Å². The third kappa shape index (κ3) is 6.54. The van der Waals surface area contributed by atoms with Gasteiger partial charge in [-0.15, -0.1) is 6.58 Å². The van der Waals surface area contributed by atoms with Crippen molar-refractivity contribution < 1.29 is 17.9 Å². The van der Waals surface area contributed by atoms with E-state index >= 15 is 0 Å². The molecule has 0 amide bonds. The zero-order valence-corrected chi connectivity index (χ0v) is 15.2. The summed E-state index contributed by atoms with van der Waals surface area (Å²) in [6, 6.07) is 5.42. The lowest BCUT2D eigenvalue weighted by molar-refractivity contribution is -0.156. The highest BCUT2D eigenvalue weighted by molar-refractivity contribution is 7.89. The third-order valence-corrected chi connectivity index (χ3v) is 4.36. The van der Waals surface area contributed by atoms with Gasteiger partial charge in [-0.2, -0.15) is 4.72 Å². The Morgan fingerprint density at radius 2 is 1.78 bits per heavy atom. The van der Waals surface area contributed by atoms with Gasteiger partial charge in [0.25, 0.3) is 0 Å². The Morgan fingerprint density at radius 3 is 2.22 bits per heavy atom. The van der Waals surface area contributed by atoms with Crippen LogP contribution >= 0.6 is 0 Å². The minimum absolute atomic E-state index is 0.110. The molecule has 1 atom stereocenters. The Hall–Kier alpha value is -1.66. The number of nitrogens with one attached hydrogen (secondary N) is 1. The second kappa shape index (κ2) is 7.27. The molecule has 0 aliphatic heterocycles. The number of hydrogen-bond donors (Lipinski definition) is 1. The molecule has 1 aromatic carbocycles. The minimum atomic E-state index is -3.81. The van der Waals surface area contributed by atoms with Crippen LogP contribution in [-0.4, -0.2) is 26.0 Å². The predicted octanol–water partition coefficient (Wildman–Crippen LogP) is 2.95. The number of benzene rings is 1. The topological polar surface area (TPSA) is 72.5 Å². The van der Waals surface area contributed by atoms with Crippen LogP contribution < -0.4 is 4.72 Å². The molecule has 0 saturated carbocycles. The van der Waals surface area contributed by atoms with E-state index in [-0.39, 0.29) is 11.3 Å². The molecule has 0 spiro atoms. The van der Waals surface area contributed by atoms with Gasteiger partial charge in [0.2, 0.25) is 10.0 Å². The van der Waals surface area contributed by atoms with Crippen LogP contribution in [0.5, 0.6) is 0 Å². The van der Waals surface area contributed by atoms with Crippen molar-refractivity contribution in [3.8, 4) is 0 Å². The molecule has 0 bridgehead atoms. The van der Waals surface area contributed by atoms with E-state index < -0.39 is 27.6 Å². The average molecular weight is 339 g/mol. The fourth-order valence-corrected chi connectivity index (χ4v) is 3.05. The van der Waals surface area contributed by atoms with Crippen LogP contribution in [0.2, 0.25) is 0 Å². The van der Waals surface area contributed by atoms with Crippen LogP contribution in [0.1, 0.15) is 39.7 Å².